The van der Waals surface area contributed by atoms with Crippen LogP contribution < -0.4 is 16.6 Å². The Hall–Kier alpha value is -3.23. The number of nitrogens with one attached hydrogen (secondary N) is 4. The summed E-state index contributed by atoms with van der Waals surface area (Å²) in [5.74, 6) is 0.781. The Bertz CT molecular complexity index is 889. The molecule has 0 saturated heterocycles. The van der Waals surface area contributed by atoms with Crippen molar-refractivity contribution >= 4 is 23.4 Å². The number of fused-ring (bicyclic) bond motifs is 1. The molecule has 9 nitrogen and oxygen atoms in total. The third-order valence-corrected chi connectivity index (χ3v) is 2.63. The first-order valence-corrected chi connectivity index (χ1v) is 5.56. The van der Waals surface area contributed by atoms with Gasteiger partial charge in [-0.1, -0.05) is 0 Å². The van der Waals surface area contributed by atoms with Gasteiger partial charge < -0.3 is 10.3 Å². The highest BCUT2D eigenvalue weighted by Crippen LogP contribution is 2.17. The quantitative estimate of drug-likeness (QED) is 0.479. The number of carbonyl (C=O) groups excluding carboxylic acids is 1. The van der Waals surface area contributed by atoms with Crippen LogP contribution in [0.4, 0.5) is 5.82 Å². The number of hydrogen-bond acceptors (Lipinski definition) is 5. The van der Waals surface area contributed by atoms with Crippen molar-refractivity contribution in [3.05, 3.63) is 39.2 Å². The summed E-state index contributed by atoms with van der Waals surface area (Å²) >= 11 is 0. The number of amides is 1. The molecule has 0 unspecified atom stereocenters. The average molecular weight is 272 g/mol. The summed E-state index contributed by atoms with van der Waals surface area (Å²) in [5.41, 5.74) is -0.213. The lowest BCUT2D eigenvalue weighted by Crippen LogP contribution is -2.21. The zero-order valence-electron chi connectivity index (χ0n) is 9.93. The highest BCUT2D eigenvalue weighted by Gasteiger charge is 2.09. The Kier molecular flexibility index (Phi) is 2.64. The maximum absolute atomic E-state index is 11.6. The van der Waals surface area contributed by atoms with Crippen LogP contribution in [0.15, 0.2) is 27.9 Å². The molecule has 3 aromatic heterocycles. The molecule has 0 spiro atoms. The molecular formula is C11H8N6O3. The van der Waals surface area contributed by atoms with Gasteiger partial charge in [0.25, 0.3) is 5.56 Å². The first-order valence-electron chi connectivity index (χ1n) is 5.56. The van der Waals surface area contributed by atoms with Gasteiger partial charge in [-0.25, -0.2) is 14.8 Å². The number of anilines is 1. The topological polar surface area (TPSA) is 136 Å². The van der Waals surface area contributed by atoms with Crippen molar-refractivity contribution in [2.75, 3.05) is 5.32 Å². The Labute approximate surface area is 110 Å². The van der Waals surface area contributed by atoms with Crippen LogP contribution in [0.2, 0.25) is 0 Å². The number of pyridine rings is 1. The molecule has 0 atom stereocenters. The molecule has 0 aromatic carbocycles. The summed E-state index contributed by atoms with van der Waals surface area (Å²) in [5, 5.41) is 2.40. The van der Waals surface area contributed by atoms with Gasteiger partial charge in [0, 0.05) is 11.8 Å². The second-order valence-electron chi connectivity index (χ2n) is 3.91. The molecule has 0 fully saturated rings. The van der Waals surface area contributed by atoms with Crippen molar-refractivity contribution in [1.29, 1.82) is 0 Å². The van der Waals surface area contributed by atoms with E-state index < -0.39 is 11.2 Å². The molecule has 3 aromatic rings. The van der Waals surface area contributed by atoms with Crippen LogP contribution in [-0.2, 0) is 4.79 Å². The van der Waals surface area contributed by atoms with Crippen LogP contribution in [0.5, 0.6) is 0 Å². The fraction of sp³-hybridized carbons (Fsp3) is 0. The summed E-state index contributed by atoms with van der Waals surface area (Å²) in [6, 6.07) is 3.26. The van der Waals surface area contributed by atoms with E-state index in [0.717, 1.165) is 0 Å². The first kappa shape index (κ1) is 11.8. The molecular weight excluding hydrogens is 264 g/mol. The summed E-state index contributed by atoms with van der Waals surface area (Å²) in [7, 11) is 0. The van der Waals surface area contributed by atoms with E-state index in [-0.39, 0.29) is 11.2 Å². The molecule has 0 saturated carbocycles. The van der Waals surface area contributed by atoms with E-state index in [1.165, 1.54) is 6.20 Å². The number of hydrogen-bond donors (Lipinski definition) is 4. The summed E-state index contributed by atoms with van der Waals surface area (Å²) in [6.07, 6.45) is 2.00. The third kappa shape index (κ3) is 1.96. The van der Waals surface area contributed by atoms with E-state index >= 15 is 0 Å². The highest BCUT2D eigenvalue weighted by atomic mass is 16.2. The molecule has 0 aliphatic carbocycles. The van der Waals surface area contributed by atoms with Crippen LogP contribution in [0.25, 0.3) is 22.6 Å². The molecule has 0 bridgehead atoms. The molecule has 3 heterocycles. The van der Waals surface area contributed by atoms with E-state index in [1.807, 2.05) is 0 Å². The molecule has 0 radical (unpaired) electrons. The Balaban J connectivity index is 2.10. The average Bonchev–Trinajstić information content (AvgIpc) is 2.84. The normalized spacial score (nSPS) is 10.6. The molecule has 0 aliphatic heterocycles. The zero-order chi connectivity index (χ0) is 14.1. The van der Waals surface area contributed by atoms with E-state index in [0.29, 0.717) is 23.6 Å². The SMILES string of the molecule is O=CNc1ccc(-c2nc3[nH]c(=O)[nH]c(=O)c3[nH]2)cn1. The van der Waals surface area contributed by atoms with Crippen molar-refractivity contribution in [2.45, 2.75) is 0 Å². The maximum atomic E-state index is 11.6. The van der Waals surface area contributed by atoms with Gasteiger partial charge in [0.1, 0.15) is 17.2 Å². The fourth-order valence-electron chi connectivity index (χ4n) is 1.75. The maximum Gasteiger partial charge on any atom is 0.327 e. The Morgan fingerprint density at radius 1 is 1.15 bits per heavy atom. The van der Waals surface area contributed by atoms with Crippen molar-refractivity contribution in [3.63, 3.8) is 0 Å². The van der Waals surface area contributed by atoms with Crippen LogP contribution in [0.3, 0.4) is 0 Å². The minimum atomic E-state index is -0.621. The van der Waals surface area contributed by atoms with Crippen LogP contribution in [0.1, 0.15) is 0 Å². The highest BCUT2D eigenvalue weighted by molar-refractivity contribution is 5.75. The fourth-order valence-corrected chi connectivity index (χ4v) is 1.75. The standard InChI is InChI=1S/C11H8N6O3/c18-4-13-6-2-1-5(3-12-6)8-14-7-9(15-8)16-11(20)17-10(7)19/h1-4H,(H,12,13,18)(H3,14,15,16,17,19,20). The number of imidazole rings is 1. The number of rotatable bonds is 3. The zero-order valence-corrected chi connectivity index (χ0v) is 9.93. The lowest BCUT2D eigenvalue weighted by Gasteiger charge is -1.98. The number of carbonyl (C=O) groups is 1. The minimum Gasteiger partial charge on any atom is -0.332 e. The van der Waals surface area contributed by atoms with Gasteiger partial charge in [0.2, 0.25) is 6.41 Å². The number of H-pyrrole nitrogens is 3. The third-order valence-electron chi connectivity index (χ3n) is 2.63. The van der Waals surface area contributed by atoms with Crippen LogP contribution in [0, 0.1) is 0 Å². The van der Waals surface area contributed by atoms with E-state index in [2.05, 4.69) is 30.2 Å². The Morgan fingerprint density at radius 2 is 2.00 bits per heavy atom. The largest absolute Gasteiger partial charge is 0.332 e. The van der Waals surface area contributed by atoms with Gasteiger partial charge in [0.15, 0.2) is 5.65 Å². The molecule has 100 valence electrons. The van der Waals surface area contributed by atoms with E-state index in [9.17, 15) is 14.4 Å². The smallest absolute Gasteiger partial charge is 0.327 e. The van der Waals surface area contributed by atoms with Gasteiger partial charge in [-0.3, -0.25) is 19.6 Å². The number of nitrogens with zero attached hydrogens (tertiary/aromatic N) is 2. The molecule has 4 N–H and O–H groups in total. The van der Waals surface area contributed by atoms with Gasteiger partial charge >= 0.3 is 5.69 Å². The first-order chi connectivity index (χ1) is 9.67. The van der Waals surface area contributed by atoms with Gasteiger partial charge in [0.05, 0.1) is 0 Å². The van der Waals surface area contributed by atoms with Crippen molar-refractivity contribution in [1.82, 2.24) is 24.9 Å². The van der Waals surface area contributed by atoms with Gasteiger partial charge in [-0.2, -0.15) is 0 Å². The molecule has 0 aliphatic rings. The summed E-state index contributed by atoms with van der Waals surface area (Å²) in [6.45, 7) is 0. The lowest BCUT2D eigenvalue weighted by atomic mass is 10.3. The van der Waals surface area contributed by atoms with Gasteiger partial charge in [-0.15, -0.1) is 0 Å². The van der Waals surface area contributed by atoms with Crippen LogP contribution >= 0.6 is 0 Å². The monoisotopic (exact) mass is 272 g/mol. The predicted octanol–water partition coefficient (Wildman–Crippen LogP) is -0.430. The second-order valence-corrected chi connectivity index (χ2v) is 3.91. The molecule has 1 amide bonds. The second kappa shape index (κ2) is 4.46. The Morgan fingerprint density at radius 3 is 2.70 bits per heavy atom. The predicted molar refractivity (Wildman–Crippen MR) is 70.3 cm³/mol. The molecule has 3 rings (SSSR count). The molecule has 20 heavy (non-hydrogen) atoms. The van der Waals surface area contributed by atoms with E-state index in [4.69, 9.17) is 0 Å². The van der Waals surface area contributed by atoms with Crippen LogP contribution in [-0.4, -0.2) is 31.3 Å². The summed E-state index contributed by atoms with van der Waals surface area (Å²) in [4.78, 5) is 48.4. The number of aromatic nitrogens is 5. The summed E-state index contributed by atoms with van der Waals surface area (Å²) < 4.78 is 0. The van der Waals surface area contributed by atoms with Crippen molar-refractivity contribution in [2.24, 2.45) is 0 Å². The molecule has 9 heteroatoms. The number of aromatic amines is 3. The van der Waals surface area contributed by atoms with Crippen molar-refractivity contribution < 1.29 is 4.79 Å². The van der Waals surface area contributed by atoms with Crippen molar-refractivity contribution in [3.8, 4) is 11.4 Å². The van der Waals surface area contributed by atoms with E-state index in [1.54, 1.807) is 12.1 Å². The lowest BCUT2D eigenvalue weighted by molar-refractivity contribution is -0.105. The van der Waals surface area contributed by atoms with Gasteiger partial charge in [-0.05, 0) is 12.1 Å². The minimum absolute atomic E-state index is 0.170.